The lowest BCUT2D eigenvalue weighted by atomic mass is 9.94. The second-order valence-corrected chi connectivity index (χ2v) is 8.00. The molecule has 4 rings (SSSR count). The molecule has 2 fully saturated rings. The van der Waals surface area contributed by atoms with Crippen molar-refractivity contribution in [1.82, 2.24) is 9.88 Å². The van der Waals surface area contributed by atoms with Crippen molar-refractivity contribution in [2.24, 2.45) is 5.92 Å². The van der Waals surface area contributed by atoms with Crippen LogP contribution in [0.2, 0.25) is 5.02 Å². The van der Waals surface area contributed by atoms with Crippen molar-refractivity contribution in [1.29, 1.82) is 0 Å². The van der Waals surface area contributed by atoms with Gasteiger partial charge in [-0.1, -0.05) is 23.7 Å². The molecule has 0 aliphatic carbocycles. The van der Waals surface area contributed by atoms with Gasteiger partial charge in [-0.25, -0.2) is 4.98 Å². The molecule has 0 spiro atoms. The van der Waals surface area contributed by atoms with Gasteiger partial charge in [0.2, 0.25) is 5.91 Å². The van der Waals surface area contributed by atoms with E-state index < -0.39 is 0 Å². The molecule has 3 heterocycles. The Balaban J connectivity index is 1.41. The summed E-state index contributed by atoms with van der Waals surface area (Å²) in [4.78, 5) is 22.0. The van der Waals surface area contributed by atoms with Gasteiger partial charge in [0.05, 0.1) is 18.2 Å². The number of rotatable bonds is 4. The van der Waals surface area contributed by atoms with Gasteiger partial charge in [0.15, 0.2) is 0 Å². The Kier molecular flexibility index (Phi) is 5.72. The fraction of sp³-hybridized carbons (Fsp3) is 0.455. The maximum Gasteiger partial charge on any atom is 0.226 e. The number of carbonyl (C=O) groups excluding carboxylic acids is 1. The highest BCUT2D eigenvalue weighted by Gasteiger charge is 2.35. The Labute approximate surface area is 171 Å². The molecule has 1 atom stereocenters. The molecule has 0 bridgehead atoms. The van der Waals surface area contributed by atoms with Gasteiger partial charge >= 0.3 is 0 Å². The SMILES string of the molecule is COc1cccc(C2CCCN2C(=O)C2CCN(c3ccc(Cl)cn3)CC2)c1. The summed E-state index contributed by atoms with van der Waals surface area (Å²) in [5.74, 6) is 2.18. The van der Waals surface area contributed by atoms with E-state index in [0.717, 1.165) is 56.9 Å². The molecule has 28 heavy (non-hydrogen) atoms. The summed E-state index contributed by atoms with van der Waals surface area (Å²) in [6.45, 7) is 2.55. The number of nitrogens with zero attached hydrogens (tertiary/aromatic N) is 3. The minimum absolute atomic E-state index is 0.0924. The van der Waals surface area contributed by atoms with Crippen LogP contribution in [-0.4, -0.2) is 42.5 Å². The van der Waals surface area contributed by atoms with Crippen molar-refractivity contribution in [2.75, 3.05) is 31.6 Å². The number of ether oxygens (including phenoxy) is 1. The van der Waals surface area contributed by atoms with Crippen molar-refractivity contribution in [3.8, 4) is 5.75 Å². The summed E-state index contributed by atoms with van der Waals surface area (Å²) >= 11 is 5.93. The molecule has 0 saturated carbocycles. The van der Waals surface area contributed by atoms with Crippen molar-refractivity contribution >= 4 is 23.3 Å². The molecular formula is C22H26ClN3O2. The highest BCUT2D eigenvalue weighted by molar-refractivity contribution is 6.30. The highest BCUT2D eigenvalue weighted by Crippen LogP contribution is 2.36. The number of benzene rings is 1. The van der Waals surface area contributed by atoms with E-state index in [9.17, 15) is 4.79 Å². The molecule has 0 N–H and O–H groups in total. The van der Waals surface area contributed by atoms with E-state index in [1.165, 1.54) is 5.56 Å². The summed E-state index contributed by atoms with van der Waals surface area (Å²) in [6.07, 6.45) is 5.49. The van der Waals surface area contributed by atoms with Crippen LogP contribution < -0.4 is 9.64 Å². The number of hydrogen-bond donors (Lipinski definition) is 0. The number of likely N-dealkylation sites (tertiary alicyclic amines) is 1. The van der Waals surface area contributed by atoms with Crippen LogP contribution in [0.4, 0.5) is 5.82 Å². The summed E-state index contributed by atoms with van der Waals surface area (Å²) in [7, 11) is 1.68. The highest BCUT2D eigenvalue weighted by atomic mass is 35.5. The first kappa shape index (κ1) is 19.1. The van der Waals surface area contributed by atoms with Gasteiger partial charge in [0.25, 0.3) is 0 Å². The van der Waals surface area contributed by atoms with Crippen LogP contribution in [0.3, 0.4) is 0 Å². The van der Waals surface area contributed by atoms with E-state index in [2.05, 4.69) is 26.9 Å². The average molecular weight is 400 g/mol. The van der Waals surface area contributed by atoms with Crippen molar-refractivity contribution in [3.05, 3.63) is 53.2 Å². The lowest BCUT2D eigenvalue weighted by Crippen LogP contribution is -2.42. The minimum Gasteiger partial charge on any atom is -0.497 e. The average Bonchev–Trinajstić information content (AvgIpc) is 3.24. The summed E-state index contributed by atoms with van der Waals surface area (Å²) in [5, 5.41) is 0.645. The third-order valence-corrected chi connectivity index (χ3v) is 6.12. The van der Waals surface area contributed by atoms with E-state index in [1.807, 2.05) is 24.3 Å². The molecule has 0 radical (unpaired) electrons. The second-order valence-electron chi connectivity index (χ2n) is 7.56. The number of piperidine rings is 1. The zero-order valence-corrected chi connectivity index (χ0v) is 16.9. The smallest absolute Gasteiger partial charge is 0.226 e. The zero-order valence-electron chi connectivity index (χ0n) is 16.2. The molecular weight excluding hydrogens is 374 g/mol. The number of aromatic nitrogens is 1. The van der Waals surface area contributed by atoms with Crippen molar-refractivity contribution < 1.29 is 9.53 Å². The zero-order chi connectivity index (χ0) is 19.5. The molecule has 148 valence electrons. The summed E-state index contributed by atoms with van der Waals surface area (Å²) in [5.41, 5.74) is 1.17. The largest absolute Gasteiger partial charge is 0.497 e. The Morgan fingerprint density at radius 1 is 1.14 bits per heavy atom. The van der Waals surface area contributed by atoms with Crippen LogP contribution in [0.1, 0.15) is 37.3 Å². The summed E-state index contributed by atoms with van der Waals surface area (Å²) in [6, 6.07) is 12.1. The number of halogens is 1. The Morgan fingerprint density at radius 3 is 2.68 bits per heavy atom. The van der Waals surface area contributed by atoms with Crippen LogP contribution in [0.5, 0.6) is 5.75 Å². The van der Waals surface area contributed by atoms with Gasteiger partial charge in [0.1, 0.15) is 11.6 Å². The monoisotopic (exact) mass is 399 g/mol. The maximum absolute atomic E-state index is 13.3. The Hall–Kier alpha value is -2.27. The van der Waals surface area contributed by atoms with E-state index in [0.29, 0.717) is 10.9 Å². The number of methoxy groups -OCH3 is 1. The van der Waals surface area contributed by atoms with E-state index in [1.54, 1.807) is 13.3 Å². The molecule has 2 saturated heterocycles. The quantitative estimate of drug-likeness (QED) is 0.767. The van der Waals surface area contributed by atoms with Gasteiger partial charge in [-0.2, -0.15) is 0 Å². The number of anilines is 1. The van der Waals surface area contributed by atoms with E-state index in [-0.39, 0.29) is 12.0 Å². The molecule has 1 aromatic heterocycles. The van der Waals surface area contributed by atoms with Gasteiger partial charge in [-0.3, -0.25) is 4.79 Å². The molecule has 2 aliphatic rings. The second kappa shape index (κ2) is 8.39. The third kappa shape index (κ3) is 3.95. The Morgan fingerprint density at radius 2 is 1.96 bits per heavy atom. The standard InChI is InChI=1S/C22H26ClN3O2/c1-28-19-5-2-4-17(14-19)20-6-3-11-26(20)22(27)16-9-12-25(13-10-16)21-8-7-18(23)15-24-21/h2,4-5,7-8,14-16,20H,3,6,9-13H2,1H3. The van der Waals surface area contributed by atoms with Gasteiger partial charge in [-0.05, 0) is 55.5 Å². The van der Waals surface area contributed by atoms with Crippen LogP contribution in [0.25, 0.3) is 0 Å². The molecule has 1 aromatic carbocycles. The predicted octanol–water partition coefficient (Wildman–Crippen LogP) is 4.32. The van der Waals surface area contributed by atoms with Crippen LogP contribution in [0.15, 0.2) is 42.6 Å². The van der Waals surface area contributed by atoms with Gasteiger partial charge in [0, 0.05) is 31.7 Å². The predicted molar refractivity (Wildman–Crippen MR) is 111 cm³/mol. The van der Waals surface area contributed by atoms with Crippen molar-refractivity contribution in [3.63, 3.8) is 0 Å². The Bertz CT molecular complexity index is 819. The fourth-order valence-corrected chi connectivity index (χ4v) is 4.48. The lowest BCUT2D eigenvalue weighted by molar-refractivity contribution is -0.137. The minimum atomic E-state index is 0.0924. The third-order valence-electron chi connectivity index (χ3n) is 5.89. The number of carbonyl (C=O) groups is 1. The molecule has 6 heteroatoms. The lowest BCUT2D eigenvalue weighted by Gasteiger charge is -2.35. The molecule has 1 unspecified atom stereocenters. The maximum atomic E-state index is 13.3. The van der Waals surface area contributed by atoms with Gasteiger partial charge in [-0.15, -0.1) is 0 Å². The van der Waals surface area contributed by atoms with E-state index >= 15 is 0 Å². The van der Waals surface area contributed by atoms with E-state index in [4.69, 9.17) is 16.3 Å². The van der Waals surface area contributed by atoms with Crippen molar-refractivity contribution in [2.45, 2.75) is 31.7 Å². The fourth-order valence-electron chi connectivity index (χ4n) is 4.37. The van der Waals surface area contributed by atoms with Gasteiger partial charge < -0.3 is 14.5 Å². The normalized spacial score (nSPS) is 20.4. The van der Waals surface area contributed by atoms with Crippen LogP contribution in [-0.2, 0) is 4.79 Å². The molecule has 1 amide bonds. The number of pyridine rings is 1. The van der Waals surface area contributed by atoms with Crippen LogP contribution >= 0.6 is 11.6 Å². The topological polar surface area (TPSA) is 45.7 Å². The molecule has 2 aliphatic heterocycles. The first-order valence-electron chi connectivity index (χ1n) is 9.96. The number of amides is 1. The van der Waals surface area contributed by atoms with Crippen LogP contribution in [0, 0.1) is 5.92 Å². The molecule has 5 nitrogen and oxygen atoms in total. The first-order valence-corrected chi connectivity index (χ1v) is 10.3. The summed E-state index contributed by atoms with van der Waals surface area (Å²) < 4.78 is 5.36. The molecule has 2 aromatic rings. The number of hydrogen-bond acceptors (Lipinski definition) is 4. The first-order chi connectivity index (χ1) is 13.7.